The summed E-state index contributed by atoms with van der Waals surface area (Å²) < 4.78 is 4.07. The first kappa shape index (κ1) is 18.1. The Bertz CT molecular complexity index is 892. The van der Waals surface area contributed by atoms with Crippen molar-refractivity contribution in [3.63, 3.8) is 0 Å². The molecule has 4 nitrogen and oxygen atoms in total. The molecule has 3 aromatic rings. The maximum atomic E-state index is 10.7. The Balaban J connectivity index is 1.97. The van der Waals surface area contributed by atoms with Crippen molar-refractivity contribution in [3.8, 4) is 0 Å². The van der Waals surface area contributed by atoms with Crippen LogP contribution in [0, 0.1) is 0 Å². The highest BCUT2D eigenvalue weighted by molar-refractivity contribution is 6.42. The quantitative estimate of drug-likeness (QED) is 0.626. The number of nitrogen functional groups attached to an aromatic ring is 1. The van der Waals surface area contributed by atoms with Gasteiger partial charge in [-0.3, -0.25) is 5.73 Å². The summed E-state index contributed by atoms with van der Waals surface area (Å²) in [6, 6.07) is 13.2. The molecule has 0 spiro atoms. The molecule has 0 saturated carbocycles. The second kappa shape index (κ2) is 7.65. The molecule has 25 heavy (non-hydrogen) atoms. The molecule has 0 aliphatic heterocycles. The van der Waals surface area contributed by atoms with E-state index in [4.69, 9.17) is 28.9 Å². The van der Waals surface area contributed by atoms with E-state index in [1.165, 1.54) is 0 Å². The topological polar surface area (TPSA) is 55.1 Å². The molecule has 0 aliphatic carbocycles. The molecule has 0 aliphatic rings. The molecule has 0 amide bonds. The van der Waals surface area contributed by atoms with Crippen LogP contribution in [0.3, 0.4) is 0 Å². The fourth-order valence-electron chi connectivity index (χ4n) is 3.05. The SMILES string of the molecule is CCCCn1c(N)[n+](C[C@@H](O)c2ccc(Cl)c(Cl)c2)c2ccccc21. The van der Waals surface area contributed by atoms with Crippen molar-refractivity contribution in [1.29, 1.82) is 0 Å². The zero-order valence-corrected chi connectivity index (χ0v) is 15.6. The summed E-state index contributed by atoms with van der Waals surface area (Å²) in [5, 5.41) is 11.6. The number of aliphatic hydroxyl groups excluding tert-OH is 1. The number of nitrogens with zero attached hydrogens (tertiary/aromatic N) is 2. The van der Waals surface area contributed by atoms with Gasteiger partial charge in [-0.15, -0.1) is 0 Å². The first-order chi connectivity index (χ1) is 12.0. The zero-order valence-electron chi connectivity index (χ0n) is 14.1. The second-order valence-corrected chi connectivity index (χ2v) is 6.97. The van der Waals surface area contributed by atoms with Crippen LogP contribution in [-0.2, 0) is 13.1 Å². The molecular weight excluding hydrogens is 357 g/mol. The lowest BCUT2D eigenvalue weighted by Crippen LogP contribution is -2.39. The van der Waals surface area contributed by atoms with E-state index in [0.717, 1.165) is 30.4 Å². The average molecular weight is 379 g/mol. The molecule has 0 saturated heterocycles. The lowest BCUT2D eigenvalue weighted by atomic mass is 10.1. The number of halogens is 2. The Hall–Kier alpha value is -1.75. The average Bonchev–Trinajstić information content (AvgIpc) is 2.87. The van der Waals surface area contributed by atoms with Gasteiger partial charge in [-0.05, 0) is 36.2 Å². The molecule has 0 unspecified atom stereocenters. The Morgan fingerprint density at radius 2 is 1.92 bits per heavy atom. The highest BCUT2D eigenvalue weighted by Gasteiger charge is 2.23. The van der Waals surface area contributed by atoms with Crippen LogP contribution < -0.4 is 10.3 Å². The Morgan fingerprint density at radius 1 is 1.16 bits per heavy atom. The molecule has 0 bridgehead atoms. The van der Waals surface area contributed by atoms with Gasteiger partial charge in [-0.2, -0.15) is 0 Å². The molecule has 3 N–H and O–H groups in total. The summed E-state index contributed by atoms with van der Waals surface area (Å²) >= 11 is 12.0. The van der Waals surface area contributed by atoms with Crippen LogP contribution in [0.25, 0.3) is 11.0 Å². The van der Waals surface area contributed by atoms with E-state index in [0.29, 0.717) is 28.1 Å². The summed E-state index contributed by atoms with van der Waals surface area (Å²) in [5.74, 6) is 0.647. The summed E-state index contributed by atoms with van der Waals surface area (Å²) in [5.41, 5.74) is 9.21. The molecule has 1 atom stereocenters. The summed E-state index contributed by atoms with van der Waals surface area (Å²) in [4.78, 5) is 0. The van der Waals surface area contributed by atoms with Crippen LogP contribution in [0.5, 0.6) is 0 Å². The van der Waals surface area contributed by atoms with Crippen LogP contribution in [-0.4, -0.2) is 9.67 Å². The first-order valence-electron chi connectivity index (χ1n) is 8.42. The van der Waals surface area contributed by atoms with Crippen LogP contribution in [0.1, 0.15) is 31.4 Å². The number of imidazole rings is 1. The van der Waals surface area contributed by atoms with E-state index >= 15 is 0 Å². The summed E-state index contributed by atoms with van der Waals surface area (Å²) in [7, 11) is 0. The van der Waals surface area contributed by atoms with Gasteiger partial charge in [0.05, 0.1) is 16.6 Å². The van der Waals surface area contributed by atoms with Crippen LogP contribution >= 0.6 is 23.2 Å². The molecule has 6 heteroatoms. The molecule has 3 rings (SSSR count). The first-order valence-corrected chi connectivity index (χ1v) is 9.18. The van der Waals surface area contributed by atoms with Gasteiger partial charge in [0, 0.05) is 0 Å². The zero-order chi connectivity index (χ0) is 18.0. The van der Waals surface area contributed by atoms with Gasteiger partial charge >= 0.3 is 5.95 Å². The highest BCUT2D eigenvalue weighted by Crippen LogP contribution is 2.26. The number of benzene rings is 2. The third kappa shape index (κ3) is 3.61. The fourth-order valence-corrected chi connectivity index (χ4v) is 3.36. The number of rotatable bonds is 6. The molecule has 132 valence electrons. The molecule has 1 aromatic heterocycles. The van der Waals surface area contributed by atoms with E-state index in [2.05, 4.69) is 17.6 Å². The minimum absolute atomic E-state index is 0.351. The van der Waals surface area contributed by atoms with Crippen molar-refractivity contribution in [2.24, 2.45) is 0 Å². The number of hydrogen-bond acceptors (Lipinski definition) is 2. The van der Waals surface area contributed by atoms with Crippen LogP contribution in [0.2, 0.25) is 10.0 Å². The molecule has 2 aromatic carbocycles. The second-order valence-electron chi connectivity index (χ2n) is 6.15. The highest BCUT2D eigenvalue weighted by atomic mass is 35.5. The van der Waals surface area contributed by atoms with Crippen molar-refractivity contribution < 1.29 is 9.67 Å². The predicted octanol–water partition coefficient (Wildman–Crippen LogP) is 4.35. The molecule has 1 heterocycles. The number of hydrogen-bond donors (Lipinski definition) is 2. The van der Waals surface area contributed by atoms with Gasteiger partial charge in [0.1, 0.15) is 23.7 Å². The van der Waals surface area contributed by atoms with Crippen molar-refractivity contribution in [2.45, 2.75) is 39.0 Å². The van der Waals surface area contributed by atoms with E-state index in [1.807, 2.05) is 22.8 Å². The monoisotopic (exact) mass is 378 g/mol. The fraction of sp³-hybridized carbons (Fsp3) is 0.316. The Kier molecular flexibility index (Phi) is 5.52. The number of aliphatic hydroxyl groups is 1. The predicted molar refractivity (Wildman–Crippen MR) is 103 cm³/mol. The van der Waals surface area contributed by atoms with Crippen molar-refractivity contribution >= 4 is 40.2 Å². The van der Waals surface area contributed by atoms with Crippen molar-refractivity contribution in [3.05, 3.63) is 58.1 Å². The lowest BCUT2D eigenvalue weighted by molar-refractivity contribution is -0.666. The lowest BCUT2D eigenvalue weighted by Gasteiger charge is -2.11. The minimum atomic E-state index is -0.729. The third-order valence-corrected chi connectivity index (χ3v) is 5.17. The molecular formula is C19H22Cl2N3O+. The number of aryl methyl sites for hydroxylation is 1. The van der Waals surface area contributed by atoms with Gasteiger partial charge in [-0.1, -0.05) is 54.7 Å². The van der Waals surface area contributed by atoms with E-state index < -0.39 is 6.10 Å². The normalized spacial score (nSPS) is 12.6. The number of nitrogens with two attached hydrogens (primary N) is 1. The molecule has 0 fully saturated rings. The van der Waals surface area contributed by atoms with E-state index in [-0.39, 0.29) is 0 Å². The number of fused-ring (bicyclic) bond motifs is 1. The minimum Gasteiger partial charge on any atom is -0.385 e. The summed E-state index contributed by atoms with van der Waals surface area (Å²) in [6.07, 6.45) is 1.42. The van der Waals surface area contributed by atoms with Gasteiger partial charge in [-0.25, -0.2) is 9.13 Å². The number of aromatic nitrogens is 2. The smallest absolute Gasteiger partial charge is 0.356 e. The maximum Gasteiger partial charge on any atom is 0.356 e. The van der Waals surface area contributed by atoms with Crippen LogP contribution in [0.15, 0.2) is 42.5 Å². The number of para-hydroxylation sites is 2. The maximum absolute atomic E-state index is 10.7. The number of unbranched alkanes of at least 4 members (excludes halogenated alkanes) is 1. The molecule has 0 radical (unpaired) electrons. The van der Waals surface area contributed by atoms with Gasteiger partial charge in [0.25, 0.3) is 0 Å². The van der Waals surface area contributed by atoms with Crippen molar-refractivity contribution in [1.82, 2.24) is 4.57 Å². The largest absolute Gasteiger partial charge is 0.385 e. The Morgan fingerprint density at radius 3 is 2.64 bits per heavy atom. The van der Waals surface area contributed by atoms with Gasteiger partial charge < -0.3 is 5.11 Å². The van der Waals surface area contributed by atoms with Crippen molar-refractivity contribution in [2.75, 3.05) is 5.73 Å². The third-order valence-electron chi connectivity index (χ3n) is 4.44. The summed E-state index contributed by atoms with van der Waals surface area (Å²) in [6.45, 7) is 3.37. The Labute approximate surface area is 157 Å². The van der Waals surface area contributed by atoms with Gasteiger partial charge in [0.2, 0.25) is 0 Å². The van der Waals surface area contributed by atoms with E-state index in [1.54, 1.807) is 18.2 Å². The number of anilines is 1. The van der Waals surface area contributed by atoms with E-state index in [9.17, 15) is 5.11 Å². The van der Waals surface area contributed by atoms with Crippen LogP contribution in [0.4, 0.5) is 5.95 Å². The van der Waals surface area contributed by atoms with Gasteiger partial charge in [0.15, 0.2) is 0 Å². The standard InChI is InChI=1S/C19H21Cl2N3O/c1-2-3-10-23-16-6-4-5-7-17(16)24(19(23)22)12-18(25)13-8-9-14(20)15(21)11-13/h4-9,11,18,22,25H,2-3,10,12H2,1H3/p+1/t18-/m1/s1.